The third-order valence-corrected chi connectivity index (χ3v) is 7.34. The molecule has 3 aromatic carbocycles. The van der Waals surface area contributed by atoms with E-state index in [4.69, 9.17) is 0 Å². The van der Waals surface area contributed by atoms with Crippen molar-refractivity contribution in [2.75, 3.05) is 30.3 Å². The van der Waals surface area contributed by atoms with E-state index in [1.807, 2.05) is 19.1 Å². The second-order valence-corrected chi connectivity index (χ2v) is 10.2. The summed E-state index contributed by atoms with van der Waals surface area (Å²) in [6.07, 6.45) is 3.43. The maximum Gasteiger partial charge on any atom is 0.336 e. The number of amides is 2. The summed E-state index contributed by atoms with van der Waals surface area (Å²) in [5.74, 6) is -0.840. The third kappa shape index (κ3) is 8.13. The average Bonchev–Trinajstić information content (AvgIpc) is 2.91. The van der Waals surface area contributed by atoms with Gasteiger partial charge in [-0.15, -0.1) is 12.4 Å². The van der Waals surface area contributed by atoms with E-state index < -0.39 is 12.0 Å². The molecule has 0 aromatic heterocycles. The number of rotatable bonds is 9. The Morgan fingerprint density at radius 2 is 1.70 bits per heavy atom. The molecular formula is C31H35ClFN3O4. The number of carboxylic acids is 1. The number of ketones is 1. The number of piperidine rings is 1. The molecule has 212 valence electrons. The second-order valence-electron chi connectivity index (χ2n) is 10.2. The Labute approximate surface area is 240 Å². The van der Waals surface area contributed by atoms with Crippen LogP contribution in [0, 0.1) is 18.7 Å². The molecule has 0 saturated carbocycles. The minimum absolute atomic E-state index is 0. The summed E-state index contributed by atoms with van der Waals surface area (Å²) in [6, 6.07) is 16.1. The van der Waals surface area contributed by atoms with Gasteiger partial charge in [-0.25, -0.2) is 14.0 Å². The van der Waals surface area contributed by atoms with Gasteiger partial charge < -0.3 is 20.6 Å². The zero-order valence-corrected chi connectivity index (χ0v) is 23.5. The number of carbonyl (C=O) groups is 3. The Morgan fingerprint density at radius 3 is 2.35 bits per heavy atom. The van der Waals surface area contributed by atoms with Crippen LogP contribution in [0.15, 0.2) is 60.7 Å². The van der Waals surface area contributed by atoms with Crippen LogP contribution in [0.4, 0.5) is 20.6 Å². The Morgan fingerprint density at radius 1 is 1.00 bits per heavy atom. The lowest BCUT2D eigenvalue weighted by atomic mass is 9.90. The Balaban J connectivity index is 0.00000441. The average molecular weight is 568 g/mol. The van der Waals surface area contributed by atoms with E-state index in [9.17, 15) is 23.9 Å². The standard InChI is InChI=1S/C31H34FN3O4.ClH/c1-20-6-11-28(30(37)38)27(29(20)34-31(39)33-26-5-3-4-24(19-26)21(2)36)14-17-35-15-12-23(13-16-35)18-22-7-9-25(32)10-8-22;/h3-11,19,23H,12-18H2,1-2H3,(H,37,38)(H2,33,34,39);1H. The number of nitrogens with one attached hydrogen (secondary N) is 2. The van der Waals surface area contributed by atoms with Crippen LogP contribution in [0.2, 0.25) is 0 Å². The summed E-state index contributed by atoms with van der Waals surface area (Å²) < 4.78 is 13.2. The maximum absolute atomic E-state index is 13.2. The summed E-state index contributed by atoms with van der Waals surface area (Å²) in [5.41, 5.74) is 4.10. The Hall–Kier alpha value is -3.75. The number of anilines is 2. The van der Waals surface area contributed by atoms with Gasteiger partial charge in [-0.1, -0.05) is 30.3 Å². The summed E-state index contributed by atoms with van der Waals surface area (Å²) in [4.78, 5) is 38.9. The molecule has 0 unspecified atom stereocenters. The molecule has 0 atom stereocenters. The number of likely N-dealkylation sites (tertiary alicyclic amines) is 1. The van der Waals surface area contributed by atoms with Crippen LogP contribution >= 0.6 is 12.4 Å². The molecular weight excluding hydrogens is 533 g/mol. The van der Waals surface area contributed by atoms with Crippen LogP contribution < -0.4 is 10.6 Å². The normalized spacial score (nSPS) is 13.8. The van der Waals surface area contributed by atoms with Crippen LogP contribution in [0.3, 0.4) is 0 Å². The van der Waals surface area contributed by atoms with E-state index in [0.717, 1.165) is 43.5 Å². The number of nitrogens with zero attached hydrogens (tertiary/aromatic N) is 1. The first-order valence-corrected chi connectivity index (χ1v) is 13.2. The largest absolute Gasteiger partial charge is 0.478 e. The minimum atomic E-state index is -1.04. The topological polar surface area (TPSA) is 98.7 Å². The molecule has 1 heterocycles. The van der Waals surface area contributed by atoms with Crippen molar-refractivity contribution in [3.8, 4) is 0 Å². The van der Waals surface area contributed by atoms with Crippen LogP contribution in [0.1, 0.15) is 57.2 Å². The molecule has 3 N–H and O–H groups in total. The third-order valence-electron chi connectivity index (χ3n) is 7.34. The van der Waals surface area contributed by atoms with E-state index in [0.29, 0.717) is 41.4 Å². The van der Waals surface area contributed by atoms with Gasteiger partial charge in [0.15, 0.2) is 5.78 Å². The zero-order chi connectivity index (χ0) is 27.9. The first-order chi connectivity index (χ1) is 18.7. The lowest BCUT2D eigenvalue weighted by Crippen LogP contribution is -2.36. The van der Waals surface area contributed by atoms with Gasteiger partial charge >= 0.3 is 12.0 Å². The van der Waals surface area contributed by atoms with Gasteiger partial charge in [0, 0.05) is 23.5 Å². The zero-order valence-electron chi connectivity index (χ0n) is 22.7. The van der Waals surface area contributed by atoms with Gasteiger partial charge in [0.25, 0.3) is 0 Å². The van der Waals surface area contributed by atoms with Crippen LogP contribution in [0.5, 0.6) is 0 Å². The van der Waals surface area contributed by atoms with Gasteiger partial charge in [0.2, 0.25) is 0 Å². The fourth-order valence-corrected chi connectivity index (χ4v) is 5.13. The summed E-state index contributed by atoms with van der Waals surface area (Å²) in [7, 11) is 0. The number of carboxylic acid groups (broad SMARTS) is 1. The van der Waals surface area contributed by atoms with E-state index in [1.165, 1.54) is 19.1 Å². The quantitative estimate of drug-likeness (QED) is 0.253. The van der Waals surface area contributed by atoms with Gasteiger partial charge in [-0.3, -0.25) is 4.79 Å². The lowest BCUT2D eigenvalue weighted by molar-refractivity contribution is 0.0695. The van der Waals surface area contributed by atoms with Gasteiger partial charge in [-0.05, 0) is 106 Å². The molecule has 40 heavy (non-hydrogen) atoms. The van der Waals surface area contributed by atoms with Crippen molar-refractivity contribution in [2.45, 2.75) is 39.5 Å². The van der Waals surface area contributed by atoms with Crippen LogP contribution in [0.25, 0.3) is 0 Å². The summed E-state index contributed by atoms with van der Waals surface area (Å²) in [6.45, 7) is 5.76. The highest BCUT2D eigenvalue weighted by molar-refractivity contribution is 6.03. The molecule has 1 aliphatic rings. The predicted octanol–water partition coefficient (Wildman–Crippen LogP) is 6.60. The predicted molar refractivity (Wildman–Crippen MR) is 157 cm³/mol. The van der Waals surface area contributed by atoms with Crippen molar-refractivity contribution >= 4 is 41.6 Å². The van der Waals surface area contributed by atoms with Crippen molar-refractivity contribution in [3.05, 3.63) is 94.3 Å². The van der Waals surface area contributed by atoms with Crippen molar-refractivity contribution in [3.63, 3.8) is 0 Å². The SMILES string of the molecule is CC(=O)c1cccc(NC(=O)Nc2c(C)ccc(C(=O)O)c2CCN2CCC(Cc3ccc(F)cc3)CC2)c1.Cl. The minimum Gasteiger partial charge on any atom is -0.478 e. The van der Waals surface area contributed by atoms with Crippen molar-refractivity contribution in [1.29, 1.82) is 0 Å². The molecule has 0 spiro atoms. The number of hydrogen-bond acceptors (Lipinski definition) is 4. The fourth-order valence-electron chi connectivity index (χ4n) is 5.13. The Bertz CT molecular complexity index is 1360. The van der Waals surface area contributed by atoms with E-state index in [-0.39, 0.29) is 29.6 Å². The number of Topliss-reactive ketones (excluding diaryl/α,β-unsaturated/α-hetero) is 1. The van der Waals surface area contributed by atoms with Gasteiger partial charge in [0.1, 0.15) is 5.82 Å². The highest BCUT2D eigenvalue weighted by Crippen LogP contribution is 2.28. The number of benzene rings is 3. The van der Waals surface area contributed by atoms with E-state index in [1.54, 1.807) is 36.4 Å². The number of aromatic carboxylic acids is 1. The monoisotopic (exact) mass is 567 g/mol. The van der Waals surface area contributed by atoms with Crippen molar-refractivity contribution < 1.29 is 23.9 Å². The first kappa shape index (κ1) is 30.8. The fraction of sp³-hybridized carbons (Fsp3) is 0.323. The molecule has 1 aliphatic heterocycles. The van der Waals surface area contributed by atoms with Crippen LogP contribution in [-0.4, -0.2) is 47.4 Å². The molecule has 0 bridgehead atoms. The van der Waals surface area contributed by atoms with Crippen LogP contribution in [-0.2, 0) is 12.8 Å². The number of urea groups is 1. The molecule has 4 rings (SSSR count). The number of hydrogen-bond donors (Lipinski definition) is 3. The smallest absolute Gasteiger partial charge is 0.336 e. The Kier molecular flexibility index (Phi) is 10.8. The summed E-state index contributed by atoms with van der Waals surface area (Å²) in [5, 5.41) is 15.5. The number of aryl methyl sites for hydroxylation is 1. The molecule has 0 aliphatic carbocycles. The highest BCUT2D eigenvalue weighted by atomic mass is 35.5. The highest BCUT2D eigenvalue weighted by Gasteiger charge is 2.22. The van der Waals surface area contributed by atoms with E-state index >= 15 is 0 Å². The van der Waals surface area contributed by atoms with E-state index in [2.05, 4.69) is 15.5 Å². The molecule has 9 heteroatoms. The second kappa shape index (κ2) is 14.1. The number of carbonyl (C=O) groups excluding carboxylic acids is 2. The molecule has 1 fully saturated rings. The lowest BCUT2D eigenvalue weighted by Gasteiger charge is -2.32. The molecule has 2 amide bonds. The molecule has 3 aromatic rings. The van der Waals surface area contributed by atoms with Gasteiger partial charge in [0.05, 0.1) is 5.56 Å². The van der Waals surface area contributed by atoms with Crippen molar-refractivity contribution in [1.82, 2.24) is 4.90 Å². The van der Waals surface area contributed by atoms with Crippen molar-refractivity contribution in [2.24, 2.45) is 5.92 Å². The maximum atomic E-state index is 13.2. The first-order valence-electron chi connectivity index (χ1n) is 13.2. The summed E-state index contributed by atoms with van der Waals surface area (Å²) >= 11 is 0. The number of halogens is 2. The van der Waals surface area contributed by atoms with Gasteiger partial charge in [-0.2, -0.15) is 0 Å². The molecule has 0 radical (unpaired) electrons. The molecule has 1 saturated heterocycles. The molecule has 7 nitrogen and oxygen atoms in total.